The molecule has 0 aliphatic carbocycles. The summed E-state index contributed by atoms with van der Waals surface area (Å²) in [5, 5.41) is 0. The summed E-state index contributed by atoms with van der Waals surface area (Å²) in [7, 11) is 0. The van der Waals surface area contributed by atoms with Gasteiger partial charge in [0.2, 0.25) is 0 Å². The summed E-state index contributed by atoms with van der Waals surface area (Å²) in [6.45, 7) is 9.04. The molecule has 0 unspecified atom stereocenters. The topological polar surface area (TPSA) is 29.5 Å². The van der Waals surface area contributed by atoms with E-state index < -0.39 is 5.60 Å². The Hall–Kier alpha value is -1.58. The third kappa shape index (κ3) is 4.51. The third-order valence-electron chi connectivity index (χ3n) is 2.98. The molecule has 1 aromatic rings. The molecular weight excluding hydrogens is 257 g/mol. The second-order valence-corrected chi connectivity index (χ2v) is 5.36. The first-order chi connectivity index (χ1) is 9.40. The normalized spacial score (nSPS) is 11.2. The van der Waals surface area contributed by atoms with Gasteiger partial charge in [0.1, 0.15) is 11.6 Å². The molecule has 4 heteroatoms. The van der Waals surface area contributed by atoms with Crippen LogP contribution in [0.2, 0.25) is 0 Å². The number of amides is 1. The highest BCUT2D eigenvalue weighted by Crippen LogP contribution is 2.21. The van der Waals surface area contributed by atoms with E-state index in [0.29, 0.717) is 5.75 Å². The SMILES string of the molecule is CCCN(CCC)C(=O)C(C)(C)Oc1ccc(F)cc1. The van der Waals surface area contributed by atoms with Gasteiger partial charge in [-0.25, -0.2) is 4.39 Å². The molecule has 0 heterocycles. The van der Waals surface area contributed by atoms with Crippen LogP contribution in [0.5, 0.6) is 5.75 Å². The maximum atomic E-state index is 12.9. The van der Waals surface area contributed by atoms with E-state index in [2.05, 4.69) is 0 Å². The molecule has 0 atom stereocenters. The average molecular weight is 281 g/mol. The summed E-state index contributed by atoms with van der Waals surface area (Å²) in [6.07, 6.45) is 1.83. The van der Waals surface area contributed by atoms with Gasteiger partial charge in [0.15, 0.2) is 5.60 Å². The number of hydrogen-bond donors (Lipinski definition) is 0. The van der Waals surface area contributed by atoms with Gasteiger partial charge in [0.05, 0.1) is 0 Å². The van der Waals surface area contributed by atoms with Crippen LogP contribution in [0.25, 0.3) is 0 Å². The standard InChI is InChI=1S/C16H24FNO2/c1-5-11-18(12-6-2)15(19)16(3,4)20-14-9-7-13(17)8-10-14/h7-10H,5-6,11-12H2,1-4H3. The summed E-state index contributed by atoms with van der Waals surface area (Å²) in [5.41, 5.74) is -0.956. The van der Waals surface area contributed by atoms with E-state index in [4.69, 9.17) is 4.74 Å². The average Bonchev–Trinajstić information content (AvgIpc) is 2.40. The van der Waals surface area contributed by atoms with Crippen LogP contribution >= 0.6 is 0 Å². The van der Waals surface area contributed by atoms with Crippen molar-refractivity contribution in [3.63, 3.8) is 0 Å². The lowest BCUT2D eigenvalue weighted by Crippen LogP contribution is -2.49. The molecule has 0 saturated heterocycles. The van der Waals surface area contributed by atoms with E-state index >= 15 is 0 Å². The van der Waals surface area contributed by atoms with E-state index in [0.717, 1.165) is 25.9 Å². The Morgan fingerprint density at radius 1 is 1.15 bits per heavy atom. The first kappa shape index (κ1) is 16.5. The Bertz CT molecular complexity index is 423. The van der Waals surface area contributed by atoms with E-state index in [1.807, 2.05) is 18.7 Å². The maximum Gasteiger partial charge on any atom is 0.266 e. The number of rotatable bonds is 7. The number of benzene rings is 1. The Morgan fingerprint density at radius 3 is 2.10 bits per heavy atom. The van der Waals surface area contributed by atoms with Crippen LogP contribution < -0.4 is 4.74 Å². The lowest BCUT2D eigenvalue weighted by Gasteiger charge is -2.32. The number of hydrogen-bond acceptors (Lipinski definition) is 2. The fourth-order valence-electron chi connectivity index (χ4n) is 2.08. The van der Waals surface area contributed by atoms with Crippen molar-refractivity contribution in [1.82, 2.24) is 4.90 Å². The molecule has 1 rings (SSSR count). The van der Waals surface area contributed by atoms with Gasteiger partial charge in [-0.1, -0.05) is 13.8 Å². The van der Waals surface area contributed by atoms with Crippen LogP contribution in [-0.2, 0) is 4.79 Å². The van der Waals surface area contributed by atoms with Crippen molar-refractivity contribution in [3.05, 3.63) is 30.1 Å². The monoisotopic (exact) mass is 281 g/mol. The van der Waals surface area contributed by atoms with Gasteiger partial charge in [-0.2, -0.15) is 0 Å². The molecule has 20 heavy (non-hydrogen) atoms. The lowest BCUT2D eigenvalue weighted by atomic mass is 10.1. The highest BCUT2D eigenvalue weighted by Gasteiger charge is 2.33. The number of ether oxygens (including phenoxy) is 1. The van der Waals surface area contributed by atoms with Gasteiger partial charge < -0.3 is 9.64 Å². The molecule has 0 radical (unpaired) electrons. The smallest absolute Gasteiger partial charge is 0.266 e. The van der Waals surface area contributed by atoms with Crippen LogP contribution in [0.3, 0.4) is 0 Å². The summed E-state index contributed by atoms with van der Waals surface area (Å²) >= 11 is 0. The van der Waals surface area contributed by atoms with E-state index in [9.17, 15) is 9.18 Å². The molecule has 0 fully saturated rings. The van der Waals surface area contributed by atoms with E-state index in [-0.39, 0.29) is 11.7 Å². The predicted molar refractivity (Wildman–Crippen MR) is 78.3 cm³/mol. The molecule has 0 spiro atoms. The van der Waals surface area contributed by atoms with Crippen LogP contribution in [0.1, 0.15) is 40.5 Å². The highest BCUT2D eigenvalue weighted by molar-refractivity contribution is 5.84. The van der Waals surface area contributed by atoms with Crippen molar-refractivity contribution >= 4 is 5.91 Å². The first-order valence-electron chi connectivity index (χ1n) is 7.14. The molecule has 0 aromatic heterocycles. The number of carbonyl (C=O) groups is 1. The molecule has 0 N–H and O–H groups in total. The summed E-state index contributed by atoms with van der Waals surface area (Å²) in [6, 6.07) is 5.72. The molecule has 0 aliphatic heterocycles. The van der Waals surface area contributed by atoms with Gasteiger partial charge in [-0.15, -0.1) is 0 Å². The first-order valence-corrected chi connectivity index (χ1v) is 7.14. The Kier molecular flexibility index (Phi) is 5.99. The molecule has 0 saturated carbocycles. The summed E-state index contributed by atoms with van der Waals surface area (Å²) < 4.78 is 18.6. The molecule has 1 amide bonds. The zero-order valence-electron chi connectivity index (χ0n) is 12.8. The number of carbonyl (C=O) groups excluding carboxylic acids is 1. The van der Waals surface area contributed by atoms with E-state index in [1.54, 1.807) is 13.8 Å². The molecule has 1 aromatic carbocycles. The molecule has 3 nitrogen and oxygen atoms in total. The molecular formula is C16H24FNO2. The molecule has 0 aliphatic rings. The zero-order chi connectivity index (χ0) is 15.2. The van der Waals surface area contributed by atoms with Crippen molar-refractivity contribution in [3.8, 4) is 5.75 Å². The number of halogens is 1. The van der Waals surface area contributed by atoms with Gasteiger partial charge in [0, 0.05) is 13.1 Å². The van der Waals surface area contributed by atoms with Crippen LogP contribution in [-0.4, -0.2) is 29.5 Å². The second kappa shape index (κ2) is 7.27. The summed E-state index contributed by atoms with van der Waals surface area (Å²) in [4.78, 5) is 14.4. The fourth-order valence-corrected chi connectivity index (χ4v) is 2.08. The Balaban J connectivity index is 2.79. The largest absolute Gasteiger partial charge is 0.478 e. The van der Waals surface area contributed by atoms with Gasteiger partial charge in [0.25, 0.3) is 5.91 Å². The van der Waals surface area contributed by atoms with E-state index in [1.165, 1.54) is 24.3 Å². The minimum absolute atomic E-state index is 0.0366. The highest BCUT2D eigenvalue weighted by atomic mass is 19.1. The third-order valence-corrected chi connectivity index (χ3v) is 2.98. The van der Waals surface area contributed by atoms with Crippen LogP contribution in [0.4, 0.5) is 4.39 Å². The molecule has 112 valence electrons. The van der Waals surface area contributed by atoms with Crippen molar-refractivity contribution in [1.29, 1.82) is 0 Å². The molecule has 0 bridgehead atoms. The van der Waals surface area contributed by atoms with Gasteiger partial charge >= 0.3 is 0 Å². The van der Waals surface area contributed by atoms with Crippen LogP contribution in [0, 0.1) is 5.82 Å². The predicted octanol–water partition coefficient (Wildman–Crippen LogP) is 3.63. The Labute approximate surface area is 120 Å². The van der Waals surface area contributed by atoms with Gasteiger partial charge in [-0.05, 0) is 51.0 Å². The minimum Gasteiger partial charge on any atom is -0.478 e. The fraction of sp³-hybridized carbons (Fsp3) is 0.562. The van der Waals surface area contributed by atoms with Crippen molar-refractivity contribution in [2.75, 3.05) is 13.1 Å². The zero-order valence-corrected chi connectivity index (χ0v) is 12.8. The Morgan fingerprint density at radius 2 is 1.65 bits per heavy atom. The van der Waals surface area contributed by atoms with Gasteiger partial charge in [-0.3, -0.25) is 4.79 Å². The minimum atomic E-state index is -0.956. The maximum absolute atomic E-state index is 12.9. The summed E-state index contributed by atoms with van der Waals surface area (Å²) in [5.74, 6) is 0.142. The number of nitrogens with zero attached hydrogens (tertiary/aromatic N) is 1. The van der Waals surface area contributed by atoms with Crippen molar-refractivity contribution < 1.29 is 13.9 Å². The van der Waals surface area contributed by atoms with Crippen molar-refractivity contribution in [2.24, 2.45) is 0 Å². The lowest BCUT2D eigenvalue weighted by molar-refractivity contribution is -0.145. The van der Waals surface area contributed by atoms with Crippen LogP contribution in [0.15, 0.2) is 24.3 Å². The quantitative estimate of drug-likeness (QED) is 0.763. The second-order valence-electron chi connectivity index (χ2n) is 5.36. The van der Waals surface area contributed by atoms with Crippen molar-refractivity contribution in [2.45, 2.75) is 46.1 Å².